The van der Waals surface area contributed by atoms with Gasteiger partial charge in [0.1, 0.15) is 5.75 Å². The van der Waals surface area contributed by atoms with Crippen molar-refractivity contribution in [2.75, 3.05) is 31.9 Å². The summed E-state index contributed by atoms with van der Waals surface area (Å²) in [6, 6.07) is 16.9. The number of hydrogen-bond donors (Lipinski definition) is 1. The maximum Gasteiger partial charge on any atom is 0.303 e. The number of allylic oxidation sites excluding steroid dienone is 1. The number of hydrogen-bond acceptors (Lipinski definition) is 7. The molecule has 2 saturated heterocycles. The smallest absolute Gasteiger partial charge is 0.303 e. The highest BCUT2D eigenvalue weighted by Crippen LogP contribution is 2.39. The molecule has 2 aliphatic heterocycles. The van der Waals surface area contributed by atoms with E-state index in [-0.39, 0.29) is 12.0 Å². The normalized spacial score (nSPS) is 18.2. The lowest BCUT2D eigenvalue weighted by molar-refractivity contribution is 0.0519. The minimum absolute atomic E-state index is 0.204. The molecule has 0 spiro atoms. The molecule has 0 aliphatic carbocycles. The number of likely N-dealkylation sites (tertiary alicyclic amines) is 2. The maximum atomic E-state index is 16.2. The van der Waals surface area contributed by atoms with Gasteiger partial charge in [-0.3, -0.25) is 9.47 Å². The summed E-state index contributed by atoms with van der Waals surface area (Å²) in [5.74, 6) is 1.03. The number of nitrogens with zero attached hydrogens (tertiary/aromatic N) is 6. The van der Waals surface area contributed by atoms with E-state index in [2.05, 4.69) is 56.0 Å². The molecule has 208 valence electrons. The van der Waals surface area contributed by atoms with Crippen LogP contribution in [0.15, 0.2) is 73.2 Å². The molecule has 0 amide bonds. The topological polar surface area (TPSA) is 85.3 Å². The Balaban J connectivity index is 1.11. The number of alkyl halides is 1. The summed E-state index contributed by atoms with van der Waals surface area (Å²) < 4.78 is 24.7. The number of nitrogens with two attached hydrogens (primary N) is 1. The lowest BCUT2D eigenvalue weighted by Crippen LogP contribution is -2.47. The minimum Gasteiger partial charge on any atom is -0.425 e. The Morgan fingerprint density at radius 1 is 1.05 bits per heavy atom. The van der Waals surface area contributed by atoms with Gasteiger partial charge >= 0.3 is 6.01 Å². The highest BCUT2D eigenvalue weighted by atomic mass is 19.1. The molecule has 2 N–H and O–H groups in total. The second kappa shape index (κ2) is 10.9. The van der Waals surface area contributed by atoms with Gasteiger partial charge in [-0.1, -0.05) is 30.8 Å². The molecule has 0 unspecified atom stereocenters. The van der Waals surface area contributed by atoms with Crippen LogP contribution >= 0.6 is 0 Å². The van der Waals surface area contributed by atoms with E-state index in [4.69, 9.17) is 15.5 Å². The first kappa shape index (κ1) is 26.3. The van der Waals surface area contributed by atoms with Crippen LogP contribution in [0.25, 0.3) is 11.0 Å². The van der Waals surface area contributed by atoms with Crippen molar-refractivity contribution < 1.29 is 9.13 Å². The number of anilines is 1. The summed E-state index contributed by atoms with van der Waals surface area (Å²) in [5.41, 5.74) is 8.97. The Kier molecular flexibility index (Phi) is 7.14. The van der Waals surface area contributed by atoms with E-state index in [1.807, 2.05) is 30.3 Å². The van der Waals surface area contributed by atoms with Crippen LogP contribution in [-0.4, -0.2) is 61.2 Å². The first-order chi connectivity index (χ1) is 19.4. The first-order valence-electron chi connectivity index (χ1n) is 14.0. The molecule has 4 heterocycles. The van der Waals surface area contributed by atoms with Crippen LogP contribution in [0.2, 0.25) is 0 Å². The second-order valence-corrected chi connectivity index (χ2v) is 11.0. The SMILES string of the molecule is C=C(N1CCC(n2c(Oc3ccccc3)nc3cc(C)ccc32)CC1)C1(F)CCN(Cc2cnc(N)nc2)CC1. The molecule has 2 aromatic carbocycles. The van der Waals surface area contributed by atoms with E-state index in [0.717, 1.165) is 53.8 Å². The average molecular weight is 542 g/mol. The largest absolute Gasteiger partial charge is 0.425 e. The molecule has 0 radical (unpaired) electrons. The van der Waals surface area contributed by atoms with Gasteiger partial charge in [-0.05, 0) is 62.4 Å². The van der Waals surface area contributed by atoms with Gasteiger partial charge in [0.05, 0.1) is 11.0 Å². The molecular weight excluding hydrogens is 505 g/mol. The van der Waals surface area contributed by atoms with E-state index in [1.165, 1.54) is 0 Å². The van der Waals surface area contributed by atoms with Gasteiger partial charge in [0.15, 0.2) is 5.67 Å². The molecule has 0 atom stereocenters. The molecule has 0 saturated carbocycles. The van der Waals surface area contributed by atoms with Crippen molar-refractivity contribution in [3.63, 3.8) is 0 Å². The van der Waals surface area contributed by atoms with E-state index >= 15 is 4.39 Å². The van der Waals surface area contributed by atoms with Gasteiger partial charge < -0.3 is 15.4 Å². The molecule has 0 bridgehead atoms. The Morgan fingerprint density at radius 3 is 2.45 bits per heavy atom. The van der Waals surface area contributed by atoms with Crippen molar-refractivity contribution in [1.82, 2.24) is 29.3 Å². The fourth-order valence-electron chi connectivity index (χ4n) is 5.94. The number of imidazole rings is 1. The monoisotopic (exact) mass is 541 g/mol. The van der Waals surface area contributed by atoms with Crippen LogP contribution in [0.5, 0.6) is 11.8 Å². The van der Waals surface area contributed by atoms with Crippen molar-refractivity contribution in [2.24, 2.45) is 0 Å². The van der Waals surface area contributed by atoms with E-state index < -0.39 is 5.67 Å². The van der Waals surface area contributed by atoms with Gasteiger partial charge in [-0.15, -0.1) is 0 Å². The van der Waals surface area contributed by atoms with Crippen LogP contribution in [0.3, 0.4) is 0 Å². The first-order valence-corrected chi connectivity index (χ1v) is 14.0. The van der Waals surface area contributed by atoms with Gasteiger partial charge in [0.2, 0.25) is 5.95 Å². The lowest BCUT2D eigenvalue weighted by atomic mass is 9.88. The number of para-hydroxylation sites is 1. The number of fused-ring (bicyclic) bond motifs is 1. The van der Waals surface area contributed by atoms with Crippen molar-refractivity contribution >= 4 is 17.0 Å². The molecule has 2 aliphatic rings. The standard InChI is InChI=1S/C31H36FN7O/c1-22-8-9-28-27(18-22)36-30(40-26-6-4-3-5-7-26)39(28)25-10-14-38(15-11-25)23(2)31(32)12-16-37(17-13-31)21-24-19-34-29(33)35-20-24/h3-9,18-20,25H,2,10-17,21H2,1H3,(H2,33,34,35). The molecule has 40 heavy (non-hydrogen) atoms. The molecule has 2 aromatic heterocycles. The quantitative estimate of drug-likeness (QED) is 0.323. The van der Waals surface area contributed by atoms with Crippen molar-refractivity contribution in [2.45, 2.75) is 50.9 Å². The second-order valence-electron chi connectivity index (χ2n) is 11.0. The fraction of sp³-hybridized carbons (Fsp3) is 0.387. The molecular formula is C31H36FN7O. The molecule has 9 heteroatoms. The Hall–Kier alpha value is -3.98. The van der Waals surface area contributed by atoms with E-state index in [1.54, 1.807) is 12.4 Å². The highest BCUT2D eigenvalue weighted by Gasteiger charge is 2.40. The predicted octanol–water partition coefficient (Wildman–Crippen LogP) is 5.66. The number of piperidine rings is 2. The van der Waals surface area contributed by atoms with Crippen LogP contribution in [0, 0.1) is 6.92 Å². The summed E-state index contributed by atoms with van der Waals surface area (Å²) in [6.45, 7) is 9.86. The van der Waals surface area contributed by atoms with E-state index in [0.29, 0.717) is 44.2 Å². The van der Waals surface area contributed by atoms with Gasteiger partial charge in [0, 0.05) is 62.4 Å². The predicted molar refractivity (Wildman–Crippen MR) is 155 cm³/mol. The van der Waals surface area contributed by atoms with Crippen LogP contribution in [0.1, 0.15) is 42.9 Å². The van der Waals surface area contributed by atoms with Gasteiger partial charge in [0.25, 0.3) is 0 Å². The number of halogens is 1. The van der Waals surface area contributed by atoms with Crippen LogP contribution in [0.4, 0.5) is 10.3 Å². The average Bonchev–Trinajstić information content (AvgIpc) is 3.32. The number of aryl methyl sites for hydroxylation is 1. The van der Waals surface area contributed by atoms with Crippen molar-refractivity contribution in [3.05, 3.63) is 84.3 Å². The number of benzene rings is 2. The molecule has 4 aromatic rings. The molecule has 8 nitrogen and oxygen atoms in total. The number of nitrogen functional groups attached to an aromatic ring is 1. The third-order valence-corrected chi connectivity index (χ3v) is 8.27. The summed E-state index contributed by atoms with van der Waals surface area (Å²) in [7, 11) is 0. The van der Waals surface area contributed by atoms with Crippen molar-refractivity contribution in [1.29, 1.82) is 0 Å². The van der Waals surface area contributed by atoms with E-state index in [9.17, 15) is 0 Å². The third-order valence-electron chi connectivity index (χ3n) is 8.27. The number of ether oxygens (including phenoxy) is 1. The minimum atomic E-state index is -1.39. The summed E-state index contributed by atoms with van der Waals surface area (Å²) in [5, 5.41) is 0. The molecule has 2 fully saturated rings. The number of aromatic nitrogens is 4. The zero-order chi connectivity index (χ0) is 27.7. The highest BCUT2D eigenvalue weighted by molar-refractivity contribution is 5.78. The summed E-state index contributed by atoms with van der Waals surface area (Å²) >= 11 is 0. The Bertz CT molecular complexity index is 1470. The third kappa shape index (κ3) is 5.38. The van der Waals surface area contributed by atoms with Gasteiger partial charge in [-0.2, -0.15) is 4.98 Å². The Morgan fingerprint density at radius 2 is 1.75 bits per heavy atom. The fourth-order valence-corrected chi connectivity index (χ4v) is 5.94. The summed E-state index contributed by atoms with van der Waals surface area (Å²) in [4.78, 5) is 17.4. The van der Waals surface area contributed by atoms with Crippen LogP contribution < -0.4 is 10.5 Å². The maximum absolute atomic E-state index is 16.2. The number of rotatable bonds is 7. The van der Waals surface area contributed by atoms with Crippen molar-refractivity contribution in [3.8, 4) is 11.8 Å². The summed E-state index contributed by atoms with van der Waals surface area (Å²) in [6.07, 6.45) is 6.07. The Labute approximate surface area is 234 Å². The zero-order valence-electron chi connectivity index (χ0n) is 23.0. The van der Waals surface area contributed by atoms with Gasteiger partial charge in [-0.25, -0.2) is 14.4 Å². The van der Waals surface area contributed by atoms with Crippen LogP contribution in [-0.2, 0) is 6.54 Å². The molecule has 6 rings (SSSR count). The lowest BCUT2D eigenvalue weighted by Gasteiger charge is -2.43. The zero-order valence-corrected chi connectivity index (χ0v) is 23.0.